The van der Waals surface area contributed by atoms with Gasteiger partial charge in [-0.05, 0) is 34.5 Å². The number of aromatic nitrogens is 5. The zero-order chi connectivity index (χ0) is 20.8. The van der Waals surface area contributed by atoms with Gasteiger partial charge in [-0.1, -0.05) is 43.3 Å². The number of imidazole rings is 1. The van der Waals surface area contributed by atoms with Crippen molar-refractivity contribution in [3.05, 3.63) is 76.3 Å². The van der Waals surface area contributed by atoms with Crippen LogP contribution in [-0.4, -0.2) is 24.7 Å². The van der Waals surface area contributed by atoms with Gasteiger partial charge in [0.05, 0.1) is 5.52 Å². The second kappa shape index (κ2) is 6.95. The zero-order valence-corrected chi connectivity index (χ0v) is 17.0. The van der Waals surface area contributed by atoms with Gasteiger partial charge < -0.3 is 14.1 Å². The quantitative estimate of drug-likeness (QED) is 0.483. The van der Waals surface area contributed by atoms with E-state index in [9.17, 15) is 4.79 Å². The van der Waals surface area contributed by atoms with Gasteiger partial charge in [-0.25, -0.2) is 4.98 Å². The lowest BCUT2D eigenvalue weighted by Crippen LogP contribution is -2.13. The van der Waals surface area contributed by atoms with Crippen LogP contribution in [0, 0.1) is 6.92 Å². The minimum atomic E-state index is -0.123. The van der Waals surface area contributed by atoms with Crippen molar-refractivity contribution >= 4 is 21.8 Å². The summed E-state index contributed by atoms with van der Waals surface area (Å²) < 4.78 is 7.13. The van der Waals surface area contributed by atoms with E-state index in [0.717, 1.165) is 33.2 Å². The molecule has 5 aromatic rings. The maximum atomic E-state index is 12.5. The number of aryl methyl sites for hydroxylation is 1. The molecular weight excluding hydrogens is 378 g/mol. The average Bonchev–Trinajstić information content (AvgIpc) is 3.32. The third kappa shape index (κ3) is 3.08. The largest absolute Gasteiger partial charge is 0.339 e. The Balaban J connectivity index is 1.60. The molecule has 0 bridgehead atoms. The predicted molar refractivity (Wildman–Crippen MR) is 116 cm³/mol. The fourth-order valence-electron chi connectivity index (χ4n) is 3.84. The van der Waals surface area contributed by atoms with E-state index in [2.05, 4.69) is 59.3 Å². The maximum Gasteiger partial charge on any atom is 0.274 e. The summed E-state index contributed by atoms with van der Waals surface area (Å²) in [7, 11) is 0. The number of aromatic amines is 1. The molecule has 0 aliphatic rings. The van der Waals surface area contributed by atoms with Crippen LogP contribution >= 0.6 is 0 Å². The second-order valence-corrected chi connectivity index (χ2v) is 7.78. The van der Waals surface area contributed by atoms with Crippen molar-refractivity contribution in [2.24, 2.45) is 0 Å². The van der Waals surface area contributed by atoms with Crippen LogP contribution in [0.2, 0.25) is 0 Å². The van der Waals surface area contributed by atoms with Crippen molar-refractivity contribution in [1.82, 2.24) is 24.7 Å². The van der Waals surface area contributed by atoms with Crippen molar-refractivity contribution in [3.8, 4) is 11.4 Å². The fourth-order valence-corrected chi connectivity index (χ4v) is 3.84. The van der Waals surface area contributed by atoms with Gasteiger partial charge in [0, 0.05) is 31.1 Å². The van der Waals surface area contributed by atoms with Crippen molar-refractivity contribution in [3.63, 3.8) is 0 Å². The second-order valence-electron chi connectivity index (χ2n) is 7.78. The molecule has 150 valence electrons. The zero-order valence-electron chi connectivity index (χ0n) is 17.0. The molecule has 7 nitrogen and oxygen atoms in total. The van der Waals surface area contributed by atoms with E-state index < -0.39 is 0 Å². The lowest BCUT2D eigenvalue weighted by molar-refractivity contribution is 0.394. The molecule has 0 radical (unpaired) electrons. The highest BCUT2D eigenvalue weighted by molar-refractivity contribution is 5.87. The van der Waals surface area contributed by atoms with Gasteiger partial charge in [0.15, 0.2) is 0 Å². The molecule has 0 amide bonds. The minimum absolute atomic E-state index is 0.123. The van der Waals surface area contributed by atoms with Gasteiger partial charge >= 0.3 is 0 Å². The minimum Gasteiger partial charge on any atom is -0.339 e. The first kappa shape index (κ1) is 18.3. The van der Waals surface area contributed by atoms with E-state index in [1.807, 2.05) is 16.7 Å². The van der Waals surface area contributed by atoms with E-state index in [1.54, 1.807) is 13.1 Å². The molecule has 0 unspecified atom stereocenters. The third-order valence-electron chi connectivity index (χ3n) is 5.24. The van der Waals surface area contributed by atoms with Crippen LogP contribution in [0.5, 0.6) is 0 Å². The van der Waals surface area contributed by atoms with E-state index >= 15 is 0 Å². The number of fused-ring (bicyclic) bond motifs is 2. The number of H-pyrrole nitrogens is 1. The van der Waals surface area contributed by atoms with E-state index in [1.165, 1.54) is 0 Å². The van der Waals surface area contributed by atoms with Crippen LogP contribution < -0.4 is 5.56 Å². The molecule has 0 fully saturated rings. The summed E-state index contributed by atoms with van der Waals surface area (Å²) in [4.78, 5) is 24.3. The Hall–Kier alpha value is -3.74. The molecule has 2 aromatic carbocycles. The maximum absolute atomic E-state index is 12.5. The Bertz CT molecular complexity index is 1440. The predicted octanol–water partition coefficient (Wildman–Crippen LogP) is 4.41. The van der Waals surface area contributed by atoms with Gasteiger partial charge in [-0.2, -0.15) is 4.98 Å². The average molecular weight is 399 g/mol. The van der Waals surface area contributed by atoms with Crippen LogP contribution in [0.3, 0.4) is 0 Å². The summed E-state index contributed by atoms with van der Waals surface area (Å²) in [6.07, 6.45) is 1.64. The van der Waals surface area contributed by atoms with Gasteiger partial charge in [-0.3, -0.25) is 4.79 Å². The van der Waals surface area contributed by atoms with Crippen LogP contribution in [-0.2, 0) is 6.54 Å². The summed E-state index contributed by atoms with van der Waals surface area (Å²) in [5.74, 6) is 2.22. The van der Waals surface area contributed by atoms with Gasteiger partial charge in [0.1, 0.15) is 11.3 Å². The van der Waals surface area contributed by atoms with E-state index in [-0.39, 0.29) is 11.5 Å². The van der Waals surface area contributed by atoms with Crippen LogP contribution in [0.1, 0.15) is 37.0 Å². The summed E-state index contributed by atoms with van der Waals surface area (Å²) >= 11 is 0. The van der Waals surface area contributed by atoms with Crippen molar-refractivity contribution in [2.45, 2.75) is 33.2 Å². The van der Waals surface area contributed by atoms with Gasteiger partial charge in [0.25, 0.3) is 5.56 Å². The normalized spacial score (nSPS) is 11.7. The molecule has 0 saturated carbocycles. The summed E-state index contributed by atoms with van der Waals surface area (Å²) in [5, 5.41) is 6.22. The molecule has 3 aromatic heterocycles. The van der Waals surface area contributed by atoms with E-state index in [4.69, 9.17) is 9.51 Å². The van der Waals surface area contributed by atoms with Crippen molar-refractivity contribution in [1.29, 1.82) is 0 Å². The Kier molecular flexibility index (Phi) is 4.24. The summed E-state index contributed by atoms with van der Waals surface area (Å²) in [6.45, 7) is 6.52. The van der Waals surface area contributed by atoms with Crippen LogP contribution in [0.25, 0.3) is 33.2 Å². The monoisotopic (exact) mass is 399 g/mol. The molecule has 5 rings (SSSR count). The van der Waals surface area contributed by atoms with Crippen molar-refractivity contribution < 1.29 is 4.52 Å². The number of hydrogen-bond acceptors (Lipinski definition) is 5. The standard InChI is InChI=1S/C23H21N5O2/c1-13(2)22-26-19-8-9-24-23(29)20(19)28(22)12-15-4-5-16-6-7-17(11-18(16)10-15)21-25-14(3)30-27-21/h4-11,13H,12H2,1-3H3,(H,24,29). The van der Waals surface area contributed by atoms with Gasteiger partial charge in [-0.15, -0.1) is 0 Å². The van der Waals surface area contributed by atoms with Crippen molar-refractivity contribution in [2.75, 3.05) is 0 Å². The molecule has 1 N–H and O–H groups in total. The summed E-state index contributed by atoms with van der Waals surface area (Å²) in [6, 6.07) is 14.3. The Morgan fingerprint density at radius 1 is 1.07 bits per heavy atom. The molecule has 0 aliphatic heterocycles. The smallest absolute Gasteiger partial charge is 0.274 e. The SMILES string of the molecule is Cc1nc(-c2ccc3ccc(Cn4c(C(C)C)nc5cc[nH]c(=O)c54)cc3c2)no1. The number of pyridine rings is 1. The van der Waals surface area contributed by atoms with Crippen LogP contribution in [0.4, 0.5) is 0 Å². The third-order valence-corrected chi connectivity index (χ3v) is 5.24. The molecule has 0 saturated heterocycles. The Morgan fingerprint density at radius 2 is 1.90 bits per heavy atom. The number of benzene rings is 2. The highest BCUT2D eigenvalue weighted by atomic mass is 16.5. The highest BCUT2D eigenvalue weighted by Gasteiger charge is 2.16. The highest BCUT2D eigenvalue weighted by Crippen LogP contribution is 2.25. The molecular formula is C23H21N5O2. The Labute approximate surface area is 172 Å². The molecule has 3 heterocycles. The number of rotatable bonds is 4. The molecule has 0 spiro atoms. The summed E-state index contributed by atoms with van der Waals surface area (Å²) in [5.41, 5.74) is 3.20. The number of hydrogen-bond donors (Lipinski definition) is 1. The molecule has 30 heavy (non-hydrogen) atoms. The number of nitrogens with one attached hydrogen (secondary N) is 1. The molecule has 7 heteroatoms. The lowest BCUT2D eigenvalue weighted by atomic mass is 10.0. The lowest BCUT2D eigenvalue weighted by Gasteiger charge is -2.12. The van der Waals surface area contributed by atoms with Gasteiger partial charge in [0.2, 0.25) is 11.7 Å². The first-order valence-electron chi connectivity index (χ1n) is 9.91. The fraction of sp³-hybridized carbons (Fsp3) is 0.217. The molecule has 0 atom stereocenters. The molecule has 0 aliphatic carbocycles. The van der Waals surface area contributed by atoms with E-state index in [0.29, 0.717) is 23.8 Å². The number of nitrogens with zero attached hydrogens (tertiary/aromatic N) is 4. The first-order chi connectivity index (χ1) is 14.5. The Morgan fingerprint density at radius 3 is 2.67 bits per heavy atom. The first-order valence-corrected chi connectivity index (χ1v) is 9.91. The van der Waals surface area contributed by atoms with Crippen LogP contribution in [0.15, 0.2) is 58.0 Å². The topological polar surface area (TPSA) is 89.6 Å².